The summed E-state index contributed by atoms with van der Waals surface area (Å²) in [7, 11) is 0. The lowest BCUT2D eigenvalue weighted by molar-refractivity contribution is 0.0695. The SMILES string of the molecule is N#C[C@@H](Br)Cc1ccccc1C(=O)O. The van der Waals surface area contributed by atoms with Crippen molar-refractivity contribution in [2.24, 2.45) is 0 Å². The Morgan fingerprint density at radius 2 is 2.21 bits per heavy atom. The number of hydrogen-bond donors (Lipinski definition) is 1. The van der Waals surface area contributed by atoms with E-state index in [0.717, 1.165) is 0 Å². The fourth-order valence-corrected chi connectivity index (χ4v) is 1.49. The van der Waals surface area contributed by atoms with Crippen LogP contribution >= 0.6 is 15.9 Å². The van der Waals surface area contributed by atoms with Crippen molar-refractivity contribution in [3.8, 4) is 6.07 Å². The molecule has 0 saturated carbocycles. The number of alkyl halides is 1. The van der Waals surface area contributed by atoms with Gasteiger partial charge in [0.25, 0.3) is 0 Å². The molecule has 0 amide bonds. The van der Waals surface area contributed by atoms with Gasteiger partial charge in [0, 0.05) is 0 Å². The third-order valence-corrected chi connectivity index (χ3v) is 2.32. The van der Waals surface area contributed by atoms with Gasteiger partial charge in [-0.05, 0) is 18.1 Å². The third kappa shape index (κ3) is 2.57. The van der Waals surface area contributed by atoms with Gasteiger partial charge in [0.2, 0.25) is 0 Å². The molecule has 1 aromatic carbocycles. The Morgan fingerprint density at radius 3 is 2.79 bits per heavy atom. The first-order valence-electron chi connectivity index (χ1n) is 4.00. The second-order valence-electron chi connectivity index (χ2n) is 2.76. The predicted octanol–water partition coefficient (Wildman–Crippen LogP) is 2.21. The van der Waals surface area contributed by atoms with E-state index in [0.29, 0.717) is 12.0 Å². The summed E-state index contributed by atoms with van der Waals surface area (Å²) in [5.74, 6) is -0.960. The summed E-state index contributed by atoms with van der Waals surface area (Å²) < 4.78 is 0. The number of nitrogens with zero attached hydrogens (tertiary/aromatic N) is 1. The number of rotatable bonds is 3. The van der Waals surface area contributed by atoms with Gasteiger partial charge < -0.3 is 5.11 Å². The lowest BCUT2D eigenvalue weighted by Gasteiger charge is -2.05. The highest BCUT2D eigenvalue weighted by atomic mass is 79.9. The number of aromatic carboxylic acids is 1. The van der Waals surface area contributed by atoms with Crippen molar-refractivity contribution in [3.63, 3.8) is 0 Å². The fraction of sp³-hybridized carbons (Fsp3) is 0.200. The van der Waals surface area contributed by atoms with Crippen molar-refractivity contribution in [1.29, 1.82) is 5.26 Å². The Balaban J connectivity index is 2.97. The van der Waals surface area contributed by atoms with Crippen molar-refractivity contribution in [2.75, 3.05) is 0 Å². The maximum absolute atomic E-state index is 10.8. The molecule has 0 fully saturated rings. The van der Waals surface area contributed by atoms with E-state index < -0.39 is 5.97 Å². The monoisotopic (exact) mass is 253 g/mol. The van der Waals surface area contributed by atoms with Gasteiger partial charge in [0.05, 0.1) is 11.6 Å². The Bertz CT molecular complexity index is 384. The van der Waals surface area contributed by atoms with Gasteiger partial charge in [0.15, 0.2) is 0 Å². The molecule has 1 aromatic rings. The maximum atomic E-state index is 10.8. The number of hydrogen-bond acceptors (Lipinski definition) is 2. The molecule has 1 atom stereocenters. The molecule has 0 aliphatic carbocycles. The Hall–Kier alpha value is -1.34. The standard InChI is InChI=1S/C10H8BrNO2/c11-8(6-12)5-7-3-1-2-4-9(7)10(13)14/h1-4,8H,5H2,(H,13,14)/t8-/m0/s1. The number of carboxylic acids is 1. The Morgan fingerprint density at radius 1 is 1.57 bits per heavy atom. The maximum Gasteiger partial charge on any atom is 0.335 e. The first-order valence-corrected chi connectivity index (χ1v) is 4.91. The van der Waals surface area contributed by atoms with Gasteiger partial charge >= 0.3 is 5.97 Å². The van der Waals surface area contributed by atoms with Gasteiger partial charge in [-0.1, -0.05) is 34.1 Å². The van der Waals surface area contributed by atoms with Crippen LogP contribution in [-0.2, 0) is 6.42 Å². The first-order chi connectivity index (χ1) is 6.65. The lowest BCUT2D eigenvalue weighted by atomic mass is 10.0. The molecule has 0 bridgehead atoms. The molecular formula is C10H8BrNO2. The third-order valence-electron chi connectivity index (χ3n) is 1.79. The van der Waals surface area contributed by atoms with Crippen LogP contribution < -0.4 is 0 Å². The summed E-state index contributed by atoms with van der Waals surface area (Å²) in [6, 6.07) is 8.69. The molecule has 72 valence electrons. The van der Waals surface area contributed by atoms with E-state index in [4.69, 9.17) is 10.4 Å². The summed E-state index contributed by atoms with van der Waals surface area (Å²) in [4.78, 5) is 10.4. The van der Waals surface area contributed by atoms with Gasteiger partial charge in [-0.15, -0.1) is 0 Å². The molecule has 0 aliphatic rings. The van der Waals surface area contributed by atoms with Crippen LogP contribution in [0.25, 0.3) is 0 Å². The van der Waals surface area contributed by atoms with E-state index >= 15 is 0 Å². The number of nitriles is 1. The van der Waals surface area contributed by atoms with E-state index in [-0.39, 0.29) is 10.4 Å². The second kappa shape index (κ2) is 4.77. The highest BCUT2D eigenvalue weighted by molar-refractivity contribution is 9.09. The zero-order valence-electron chi connectivity index (χ0n) is 7.27. The molecule has 4 heteroatoms. The summed E-state index contributed by atoms with van der Waals surface area (Å²) in [6.07, 6.45) is 0.402. The molecular weight excluding hydrogens is 246 g/mol. The highest BCUT2D eigenvalue weighted by Gasteiger charge is 2.11. The molecule has 0 heterocycles. The first kappa shape index (κ1) is 10.7. The quantitative estimate of drug-likeness (QED) is 0.841. The summed E-state index contributed by atoms with van der Waals surface area (Å²) in [5.41, 5.74) is 0.927. The van der Waals surface area contributed by atoms with Gasteiger partial charge in [-0.3, -0.25) is 0 Å². The molecule has 0 saturated heterocycles. The second-order valence-corrected chi connectivity index (χ2v) is 3.87. The van der Waals surface area contributed by atoms with Crippen molar-refractivity contribution < 1.29 is 9.90 Å². The number of carbonyl (C=O) groups is 1. The Labute approximate surface area is 90.1 Å². The predicted molar refractivity (Wildman–Crippen MR) is 55.4 cm³/mol. The van der Waals surface area contributed by atoms with Crippen molar-refractivity contribution in [2.45, 2.75) is 11.2 Å². The summed E-state index contributed by atoms with van der Waals surface area (Å²) in [6.45, 7) is 0. The van der Waals surface area contributed by atoms with Gasteiger partial charge in [0.1, 0.15) is 4.83 Å². The molecule has 14 heavy (non-hydrogen) atoms. The van der Waals surface area contributed by atoms with E-state index in [1.165, 1.54) is 6.07 Å². The smallest absolute Gasteiger partial charge is 0.335 e. The Kier molecular flexibility index (Phi) is 3.66. The van der Waals surface area contributed by atoms with Crippen LogP contribution in [-0.4, -0.2) is 15.9 Å². The molecule has 1 rings (SSSR count). The normalized spacial score (nSPS) is 11.7. The number of carboxylic acid groups (broad SMARTS) is 1. The largest absolute Gasteiger partial charge is 0.478 e. The number of halogens is 1. The highest BCUT2D eigenvalue weighted by Crippen LogP contribution is 2.14. The topological polar surface area (TPSA) is 61.1 Å². The van der Waals surface area contributed by atoms with Crippen molar-refractivity contribution in [1.82, 2.24) is 0 Å². The fourth-order valence-electron chi connectivity index (χ4n) is 1.15. The van der Waals surface area contributed by atoms with Crippen LogP contribution in [0.1, 0.15) is 15.9 Å². The minimum absolute atomic E-state index is 0.257. The molecule has 1 N–H and O–H groups in total. The average Bonchev–Trinajstić information content (AvgIpc) is 2.18. The van der Waals surface area contributed by atoms with Crippen molar-refractivity contribution in [3.05, 3.63) is 35.4 Å². The molecule has 0 radical (unpaired) electrons. The molecule has 0 unspecified atom stereocenters. The van der Waals surface area contributed by atoms with E-state index in [1.807, 2.05) is 6.07 Å². The zero-order chi connectivity index (χ0) is 10.6. The minimum Gasteiger partial charge on any atom is -0.478 e. The lowest BCUT2D eigenvalue weighted by Crippen LogP contribution is -2.06. The van der Waals surface area contributed by atoms with Crippen LogP contribution in [0.15, 0.2) is 24.3 Å². The van der Waals surface area contributed by atoms with Crippen LogP contribution in [0.3, 0.4) is 0 Å². The molecule has 0 aromatic heterocycles. The average molecular weight is 254 g/mol. The van der Waals surface area contributed by atoms with Gasteiger partial charge in [-0.25, -0.2) is 4.79 Å². The molecule has 0 spiro atoms. The van der Waals surface area contributed by atoms with Gasteiger partial charge in [-0.2, -0.15) is 5.26 Å². The zero-order valence-corrected chi connectivity index (χ0v) is 8.86. The van der Waals surface area contributed by atoms with Crippen LogP contribution in [0, 0.1) is 11.3 Å². The summed E-state index contributed by atoms with van der Waals surface area (Å²) >= 11 is 3.14. The van der Waals surface area contributed by atoms with Crippen LogP contribution in [0.2, 0.25) is 0 Å². The molecule has 3 nitrogen and oxygen atoms in total. The van der Waals surface area contributed by atoms with Crippen molar-refractivity contribution >= 4 is 21.9 Å². The van der Waals surface area contributed by atoms with E-state index in [1.54, 1.807) is 18.2 Å². The van der Waals surface area contributed by atoms with Crippen LogP contribution in [0.5, 0.6) is 0 Å². The summed E-state index contributed by atoms with van der Waals surface area (Å²) in [5, 5.41) is 17.4. The van der Waals surface area contributed by atoms with Crippen LogP contribution in [0.4, 0.5) is 0 Å². The minimum atomic E-state index is -0.960. The number of benzene rings is 1. The van der Waals surface area contributed by atoms with E-state index in [2.05, 4.69) is 15.9 Å². The van der Waals surface area contributed by atoms with E-state index in [9.17, 15) is 4.79 Å². The molecule has 0 aliphatic heterocycles.